The molecule has 0 aliphatic carbocycles. The molecule has 2 heterocycles. The van der Waals surface area contributed by atoms with Gasteiger partial charge in [0.1, 0.15) is 12.2 Å². The monoisotopic (exact) mass is 223 g/mol. The molecule has 1 aromatic heterocycles. The third-order valence-electron chi connectivity index (χ3n) is 3.32. The van der Waals surface area contributed by atoms with Crippen molar-refractivity contribution in [2.45, 2.75) is 38.9 Å². The fraction of sp³-hybridized carbons (Fsp3) is 0.818. The van der Waals surface area contributed by atoms with Crippen LogP contribution < -0.4 is 5.32 Å². The predicted molar refractivity (Wildman–Crippen MR) is 63.1 cm³/mol. The maximum Gasteiger partial charge on any atom is 0.146 e. The molecule has 5 nitrogen and oxygen atoms in total. The Kier molecular flexibility index (Phi) is 3.90. The Morgan fingerprint density at radius 3 is 3.19 bits per heavy atom. The largest absolute Gasteiger partial charge is 0.317 e. The van der Waals surface area contributed by atoms with Crippen LogP contribution >= 0.6 is 0 Å². The van der Waals surface area contributed by atoms with Crippen LogP contribution in [0.1, 0.15) is 25.6 Å². The van der Waals surface area contributed by atoms with Gasteiger partial charge in [0.15, 0.2) is 0 Å². The van der Waals surface area contributed by atoms with E-state index in [4.69, 9.17) is 0 Å². The number of rotatable bonds is 4. The highest BCUT2D eigenvalue weighted by Gasteiger charge is 2.19. The molecule has 1 aliphatic rings. The van der Waals surface area contributed by atoms with E-state index in [1.54, 1.807) is 0 Å². The van der Waals surface area contributed by atoms with Gasteiger partial charge in [0.05, 0.1) is 6.54 Å². The number of aryl methyl sites for hydroxylation is 1. The first-order valence-electron chi connectivity index (χ1n) is 6.09. The molecule has 90 valence electrons. The predicted octanol–water partition coefficient (Wildman–Crippen LogP) is 0.482. The van der Waals surface area contributed by atoms with Crippen molar-refractivity contribution in [3.05, 3.63) is 12.2 Å². The molecule has 1 aromatic rings. The van der Waals surface area contributed by atoms with E-state index in [0.717, 1.165) is 25.5 Å². The number of likely N-dealkylation sites (N-methyl/N-ethyl adjacent to an activating group) is 1. The Morgan fingerprint density at radius 1 is 1.56 bits per heavy atom. The van der Waals surface area contributed by atoms with E-state index in [1.165, 1.54) is 19.4 Å². The van der Waals surface area contributed by atoms with E-state index in [0.29, 0.717) is 6.04 Å². The van der Waals surface area contributed by atoms with Crippen molar-refractivity contribution in [1.82, 2.24) is 25.0 Å². The quantitative estimate of drug-likeness (QED) is 0.806. The van der Waals surface area contributed by atoms with E-state index in [2.05, 4.69) is 31.9 Å². The molecule has 1 saturated heterocycles. The van der Waals surface area contributed by atoms with E-state index in [9.17, 15) is 0 Å². The van der Waals surface area contributed by atoms with E-state index >= 15 is 0 Å². The minimum absolute atomic E-state index is 0.631. The van der Waals surface area contributed by atoms with Crippen molar-refractivity contribution >= 4 is 0 Å². The zero-order valence-electron chi connectivity index (χ0n) is 10.2. The Morgan fingerprint density at radius 2 is 2.44 bits per heavy atom. The highest BCUT2D eigenvalue weighted by Crippen LogP contribution is 2.12. The Balaban J connectivity index is 1.93. The molecule has 1 atom stereocenters. The molecular formula is C11H21N5. The SMILES string of the molecule is CCn1cnnc1CN1CCCC(NC)C1. The summed E-state index contributed by atoms with van der Waals surface area (Å²) in [6.45, 7) is 6.29. The number of nitrogens with zero attached hydrogens (tertiary/aromatic N) is 4. The van der Waals surface area contributed by atoms with Crippen molar-refractivity contribution in [3.8, 4) is 0 Å². The van der Waals surface area contributed by atoms with Gasteiger partial charge in [-0.3, -0.25) is 4.90 Å². The molecule has 0 bridgehead atoms. The zero-order valence-corrected chi connectivity index (χ0v) is 10.2. The first-order chi connectivity index (χ1) is 7.83. The third kappa shape index (κ3) is 2.59. The molecule has 2 rings (SSSR count). The summed E-state index contributed by atoms with van der Waals surface area (Å²) in [4.78, 5) is 2.46. The van der Waals surface area contributed by atoms with Crippen molar-refractivity contribution in [1.29, 1.82) is 0 Å². The Bertz CT molecular complexity index is 322. The van der Waals surface area contributed by atoms with Gasteiger partial charge in [0.25, 0.3) is 0 Å². The molecule has 1 N–H and O–H groups in total. The number of hydrogen-bond donors (Lipinski definition) is 1. The van der Waals surface area contributed by atoms with Gasteiger partial charge in [-0.1, -0.05) is 0 Å². The maximum atomic E-state index is 4.18. The van der Waals surface area contributed by atoms with Gasteiger partial charge >= 0.3 is 0 Å². The summed E-state index contributed by atoms with van der Waals surface area (Å²) < 4.78 is 2.11. The van der Waals surface area contributed by atoms with Crippen molar-refractivity contribution < 1.29 is 0 Å². The minimum Gasteiger partial charge on any atom is -0.317 e. The van der Waals surface area contributed by atoms with Gasteiger partial charge in [-0.25, -0.2) is 0 Å². The normalized spacial score (nSPS) is 22.5. The number of nitrogens with one attached hydrogen (secondary N) is 1. The highest BCUT2D eigenvalue weighted by atomic mass is 15.3. The van der Waals surface area contributed by atoms with Gasteiger partial charge < -0.3 is 9.88 Å². The lowest BCUT2D eigenvalue weighted by Crippen LogP contribution is -2.44. The summed E-state index contributed by atoms with van der Waals surface area (Å²) in [5.74, 6) is 1.08. The fourth-order valence-corrected chi connectivity index (χ4v) is 2.30. The molecular weight excluding hydrogens is 202 g/mol. The summed E-state index contributed by atoms with van der Waals surface area (Å²) in [5, 5.41) is 11.5. The van der Waals surface area contributed by atoms with Gasteiger partial charge in [-0.05, 0) is 33.4 Å². The van der Waals surface area contributed by atoms with Crippen molar-refractivity contribution in [2.24, 2.45) is 0 Å². The molecule has 5 heteroatoms. The smallest absolute Gasteiger partial charge is 0.146 e. The van der Waals surface area contributed by atoms with Crippen LogP contribution in [-0.2, 0) is 13.1 Å². The summed E-state index contributed by atoms with van der Waals surface area (Å²) in [6, 6.07) is 0.631. The summed E-state index contributed by atoms with van der Waals surface area (Å²) in [7, 11) is 2.04. The topological polar surface area (TPSA) is 46.0 Å². The highest BCUT2D eigenvalue weighted by molar-refractivity contribution is 4.88. The molecule has 0 aromatic carbocycles. The molecule has 16 heavy (non-hydrogen) atoms. The number of piperidine rings is 1. The van der Waals surface area contributed by atoms with Gasteiger partial charge in [-0.2, -0.15) is 0 Å². The van der Waals surface area contributed by atoms with Gasteiger partial charge in [0, 0.05) is 19.1 Å². The Hall–Kier alpha value is -0.940. The van der Waals surface area contributed by atoms with Crippen molar-refractivity contribution in [2.75, 3.05) is 20.1 Å². The van der Waals surface area contributed by atoms with Crippen LogP contribution in [-0.4, -0.2) is 45.8 Å². The molecule has 0 amide bonds. The standard InChI is InChI=1S/C11H21N5/c1-3-16-9-13-14-11(16)8-15-6-4-5-10(7-15)12-2/h9-10,12H,3-8H2,1-2H3. The van der Waals surface area contributed by atoms with Crippen LogP contribution in [0.2, 0.25) is 0 Å². The Labute approximate surface area is 96.8 Å². The van der Waals surface area contributed by atoms with E-state index in [-0.39, 0.29) is 0 Å². The molecule has 0 saturated carbocycles. The van der Waals surface area contributed by atoms with Crippen LogP contribution in [0.15, 0.2) is 6.33 Å². The average Bonchev–Trinajstić information content (AvgIpc) is 2.76. The van der Waals surface area contributed by atoms with E-state index < -0.39 is 0 Å². The molecule has 1 aliphatic heterocycles. The van der Waals surface area contributed by atoms with Gasteiger partial charge in [0.2, 0.25) is 0 Å². The molecule has 0 spiro atoms. The average molecular weight is 223 g/mol. The number of aromatic nitrogens is 3. The summed E-state index contributed by atoms with van der Waals surface area (Å²) in [6.07, 6.45) is 4.37. The first kappa shape index (κ1) is 11.5. The second kappa shape index (κ2) is 5.41. The van der Waals surface area contributed by atoms with Crippen molar-refractivity contribution in [3.63, 3.8) is 0 Å². The minimum atomic E-state index is 0.631. The first-order valence-corrected chi connectivity index (χ1v) is 6.09. The lowest BCUT2D eigenvalue weighted by atomic mass is 10.1. The number of likely N-dealkylation sites (tertiary alicyclic amines) is 1. The molecule has 1 fully saturated rings. The fourth-order valence-electron chi connectivity index (χ4n) is 2.30. The molecule has 0 radical (unpaired) electrons. The van der Waals surface area contributed by atoms with Crippen LogP contribution in [0, 0.1) is 0 Å². The number of hydrogen-bond acceptors (Lipinski definition) is 4. The zero-order chi connectivity index (χ0) is 11.4. The van der Waals surface area contributed by atoms with Crippen LogP contribution in [0.4, 0.5) is 0 Å². The molecule has 1 unspecified atom stereocenters. The van der Waals surface area contributed by atoms with Gasteiger partial charge in [-0.15, -0.1) is 10.2 Å². The second-order valence-corrected chi connectivity index (χ2v) is 4.40. The summed E-state index contributed by atoms with van der Waals surface area (Å²) in [5.41, 5.74) is 0. The van der Waals surface area contributed by atoms with E-state index in [1.807, 2.05) is 13.4 Å². The summed E-state index contributed by atoms with van der Waals surface area (Å²) >= 11 is 0. The lowest BCUT2D eigenvalue weighted by Gasteiger charge is -2.32. The third-order valence-corrected chi connectivity index (χ3v) is 3.32. The van der Waals surface area contributed by atoms with Crippen LogP contribution in [0.3, 0.4) is 0 Å². The second-order valence-electron chi connectivity index (χ2n) is 4.40. The van der Waals surface area contributed by atoms with Crippen LogP contribution in [0.25, 0.3) is 0 Å². The maximum absolute atomic E-state index is 4.18. The lowest BCUT2D eigenvalue weighted by molar-refractivity contribution is 0.182. The van der Waals surface area contributed by atoms with Crippen LogP contribution in [0.5, 0.6) is 0 Å².